The van der Waals surface area contributed by atoms with Crippen LogP contribution in [-0.4, -0.2) is 36.2 Å². The van der Waals surface area contributed by atoms with E-state index in [0.29, 0.717) is 18.8 Å². The molecule has 1 rings (SSSR count). The molecule has 42 heavy (non-hydrogen) atoms. The summed E-state index contributed by atoms with van der Waals surface area (Å²) in [6.45, 7) is 14.6. The van der Waals surface area contributed by atoms with Crippen molar-refractivity contribution in [1.82, 2.24) is 0 Å². The number of benzene rings is 1. The molecule has 0 saturated heterocycles. The van der Waals surface area contributed by atoms with Crippen molar-refractivity contribution in [3.63, 3.8) is 0 Å². The van der Waals surface area contributed by atoms with Gasteiger partial charge in [0, 0.05) is 39.1 Å². The molecule has 6 atom stereocenters. The van der Waals surface area contributed by atoms with Crippen molar-refractivity contribution < 1.29 is 28.6 Å². The number of carbonyl (C=O) groups is 3. The Morgan fingerprint density at radius 1 is 0.810 bits per heavy atom. The molecule has 0 bridgehead atoms. The maximum absolute atomic E-state index is 11.9. The number of carbonyl (C=O) groups excluding carboxylic acids is 3. The Morgan fingerprint density at radius 3 is 1.98 bits per heavy atom. The number of unbranched alkanes of at least 4 members (excludes halogenated alkanes) is 1. The molecule has 0 aliphatic rings. The van der Waals surface area contributed by atoms with Crippen LogP contribution in [0, 0.1) is 17.8 Å². The van der Waals surface area contributed by atoms with Crippen LogP contribution in [0.3, 0.4) is 0 Å². The molecule has 1 aromatic carbocycles. The second-order valence-corrected chi connectivity index (χ2v) is 12.1. The zero-order valence-corrected chi connectivity index (χ0v) is 27.4. The van der Waals surface area contributed by atoms with Crippen molar-refractivity contribution in [2.24, 2.45) is 17.8 Å². The van der Waals surface area contributed by atoms with Crippen LogP contribution in [0.1, 0.15) is 105 Å². The molecule has 1 aromatic rings. The van der Waals surface area contributed by atoms with Crippen LogP contribution in [0.4, 0.5) is 0 Å². The number of esters is 3. The second-order valence-electron chi connectivity index (χ2n) is 11.8. The Morgan fingerprint density at radius 2 is 1.40 bits per heavy atom. The van der Waals surface area contributed by atoms with Gasteiger partial charge in [0.15, 0.2) is 0 Å². The molecule has 236 valence electrons. The molecule has 0 N–H and O–H groups in total. The van der Waals surface area contributed by atoms with Crippen LogP contribution >= 0.6 is 11.6 Å². The van der Waals surface area contributed by atoms with E-state index in [1.807, 2.05) is 18.2 Å². The van der Waals surface area contributed by atoms with Gasteiger partial charge in [-0.15, -0.1) is 6.58 Å². The molecular weight excluding hydrogens is 552 g/mol. The van der Waals surface area contributed by atoms with E-state index in [1.165, 1.54) is 26.3 Å². The van der Waals surface area contributed by atoms with E-state index in [-0.39, 0.29) is 48.1 Å². The Hall–Kier alpha value is -2.60. The molecule has 0 aliphatic carbocycles. The van der Waals surface area contributed by atoms with Crippen molar-refractivity contribution in [1.29, 1.82) is 0 Å². The summed E-state index contributed by atoms with van der Waals surface area (Å²) >= 11 is 6.16. The highest BCUT2D eigenvalue weighted by Gasteiger charge is 2.24. The maximum atomic E-state index is 11.9. The van der Waals surface area contributed by atoms with Crippen molar-refractivity contribution in [3.8, 4) is 0 Å². The van der Waals surface area contributed by atoms with E-state index in [1.54, 1.807) is 11.6 Å². The number of hydrogen-bond acceptors (Lipinski definition) is 6. The van der Waals surface area contributed by atoms with Gasteiger partial charge in [-0.1, -0.05) is 80.8 Å². The van der Waals surface area contributed by atoms with Gasteiger partial charge in [0.2, 0.25) is 0 Å². The summed E-state index contributed by atoms with van der Waals surface area (Å²) in [7, 11) is 0. The Balaban J connectivity index is 2.64. The van der Waals surface area contributed by atoms with E-state index in [0.717, 1.165) is 56.9 Å². The predicted molar refractivity (Wildman–Crippen MR) is 170 cm³/mol. The molecule has 0 amide bonds. The first-order chi connectivity index (χ1) is 19.9. The van der Waals surface area contributed by atoms with Gasteiger partial charge in [0.1, 0.15) is 18.3 Å². The Kier molecular flexibility index (Phi) is 18.8. The third kappa shape index (κ3) is 16.7. The van der Waals surface area contributed by atoms with E-state index in [4.69, 9.17) is 25.8 Å². The molecule has 0 radical (unpaired) electrons. The van der Waals surface area contributed by atoms with E-state index in [9.17, 15) is 14.4 Å². The lowest BCUT2D eigenvalue weighted by atomic mass is 9.86. The van der Waals surface area contributed by atoms with Crippen molar-refractivity contribution in [2.45, 2.75) is 124 Å². The lowest BCUT2D eigenvalue weighted by Gasteiger charge is -2.27. The van der Waals surface area contributed by atoms with Gasteiger partial charge < -0.3 is 14.2 Å². The maximum Gasteiger partial charge on any atom is 0.302 e. The van der Waals surface area contributed by atoms with Crippen LogP contribution in [0.5, 0.6) is 0 Å². The van der Waals surface area contributed by atoms with E-state index in [2.05, 4.69) is 39.5 Å². The fourth-order valence-corrected chi connectivity index (χ4v) is 5.73. The zero-order chi connectivity index (χ0) is 31.5. The normalized spacial score (nSPS) is 15.9. The largest absolute Gasteiger partial charge is 0.462 e. The molecule has 7 heteroatoms. The molecular formula is C35H53ClO6. The summed E-state index contributed by atoms with van der Waals surface area (Å²) in [4.78, 5) is 35.2. The lowest BCUT2D eigenvalue weighted by molar-refractivity contribution is -0.149. The molecule has 6 nitrogen and oxygen atoms in total. The molecule has 0 saturated carbocycles. The van der Waals surface area contributed by atoms with Gasteiger partial charge in [-0.05, 0) is 68.3 Å². The first-order valence-electron chi connectivity index (χ1n) is 15.4. The first kappa shape index (κ1) is 37.4. The average Bonchev–Trinajstić information content (AvgIpc) is 2.92. The van der Waals surface area contributed by atoms with Gasteiger partial charge in [-0.3, -0.25) is 14.4 Å². The quantitative estimate of drug-likeness (QED) is 0.0604. The van der Waals surface area contributed by atoms with Crippen molar-refractivity contribution in [2.75, 3.05) is 0 Å². The van der Waals surface area contributed by atoms with Gasteiger partial charge in [-0.2, -0.15) is 0 Å². The summed E-state index contributed by atoms with van der Waals surface area (Å²) in [5.74, 6) is -0.0426. The third-order valence-corrected chi connectivity index (χ3v) is 8.02. The fraction of sp³-hybridized carbons (Fsp3) is 0.629. The highest BCUT2D eigenvalue weighted by molar-refractivity contribution is 6.25. The Bertz CT molecular complexity index is 975. The summed E-state index contributed by atoms with van der Waals surface area (Å²) < 4.78 is 16.9. The molecule has 0 spiro atoms. The summed E-state index contributed by atoms with van der Waals surface area (Å²) in [5, 5.41) is 0. The number of rotatable bonds is 21. The molecule has 0 aliphatic heterocycles. The van der Waals surface area contributed by atoms with Gasteiger partial charge in [-0.25, -0.2) is 0 Å². The first-order valence-corrected chi connectivity index (χ1v) is 15.8. The highest BCUT2D eigenvalue weighted by Crippen LogP contribution is 2.28. The minimum absolute atomic E-state index is 0.154. The van der Waals surface area contributed by atoms with Crippen molar-refractivity contribution in [3.05, 3.63) is 59.7 Å². The topological polar surface area (TPSA) is 78.9 Å². The average molecular weight is 605 g/mol. The highest BCUT2D eigenvalue weighted by atomic mass is 35.5. The van der Waals surface area contributed by atoms with Crippen LogP contribution < -0.4 is 0 Å². The van der Waals surface area contributed by atoms with Gasteiger partial charge in [0.05, 0.1) is 0 Å². The monoisotopic (exact) mass is 604 g/mol. The molecule has 0 aromatic heterocycles. The van der Waals surface area contributed by atoms with E-state index >= 15 is 0 Å². The third-order valence-electron chi connectivity index (χ3n) is 7.71. The summed E-state index contributed by atoms with van der Waals surface area (Å²) in [5.41, 5.74) is 3.80. The van der Waals surface area contributed by atoms with Crippen LogP contribution in [0.2, 0.25) is 0 Å². The standard InChI is InChI=1S/C35H53ClO6/c1-8-14-34(41-29(6)38)26(3)15-12-13-18-35(42-30(7)39)27(4)21-25(2)19-20-33(40-28(5)37)23-32(24-36)22-31-16-10-9-11-17-31/h8-11,16-17,24-27,33-35H,1,12-15,18-23H2,2-7H3/b32-24-/t25-,26-,27-,33-,34-,35-/m1/s1. The summed E-state index contributed by atoms with van der Waals surface area (Å²) in [6, 6.07) is 10.1. The zero-order valence-electron chi connectivity index (χ0n) is 26.6. The number of halogens is 1. The summed E-state index contributed by atoms with van der Waals surface area (Å²) in [6.07, 6.45) is 9.30. The lowest BCUT2D eigenvalue weighted by Crippen LogP contribution is -2.26. The van der Waals surface area contributed by atoms with Crippen LogP contribution in [0.25, 0.3) is 0 Å². The minimum Gasteiger partial charge on any atom is -0.462 e. The second kappa shape index (κ2) is 21.1. The Labute approximate surface area is 259 Å². The predicted octanol–water partition coefficient (Wildman–Crippen LogP) is 8.75. The SMILES string of the molecule is C=CC[C@@H](OC(C)=O)[C@H](C)CCCC[C@@H](OC(C)=O)[C@H](C)C[C@H](C)CC[C@H](C/C(=C\Cl)Cc1ccccc1)OC(C)=O. The molecule has 0 fully saturated rings. The van der Waals surface area contributed by atoms with Crippen molar-refractivity contribution >= 4 is 29.5 Å². The molecule has 0 heterocycles. The van der Waals surface area contributed by atoms with Crippen LogP contribution in [-0.2, 0) is 35.0 Å². The van der Waals surface area contributed by atoms with Crippen LogP contribution in [0.15, 0.2) is 54.1 Å². The minimum atomic E-state index is -0.289. The number of hydrogen-bond donors (Lipinski definition) is 0. The number of ether oxygens (including phenoxy) is 3. The molecule has 0 unspecified atom stereocenters. The smallest absolute Gasteiger partial charge is 0.302 e. The van der Waals surface area contributed by atoms with Gasteiger partial charge in [0.25, 0.3) is 0 Å². The van der Waals surface area contributed by atoms with E-state index < -0.39 is 0 Å². The fourth-order valence-electron chi connectivity index (χ4n) is 5.56. The van der Waals surface area contributed by atoms with Gasteiger partial charge >= 0.3 is 17.9 Å².